The maximum absolute atomic E-state index is 13.2. The first kappa shape index (κ1) is 27.9. The molecule has 1 atom stereocenters. The third-order valence-corrected chi connectivity index (χ3v) is 6.08. The number of halogens is 1. The first-order valence-corrected chi connectivity index (χ1v) is 13.1. The maximum atomic E-state index is 13.2. The minimum Gasteiger partial charge on any atom is -0.464 e. The number of hydrogen-bond donors (Lipinski definition) is 1. The summed E-state index contributed by atoms with van der Waals surface area (Å²) in [7, 11) is 0. The fourth-order valence-corrected chi connectivity index (χ4v) is 4.39. The van der Waals surface area contributed by atoms with Gasteiger partial charge in [0.05, 0.1) is 6.61 Å². The second-order valence-corrected chi connectivity index (χ2v) is 10.3. The van der Waals surface area contributed by atoms with Gasteiger partial charge in [0.15, 0.2) is 0 Å². The van der Waals surface area contributed by atoms with E-state index in [-0.39, 0.29) is 18.8 Å². The smallest absolute Gasteiger partial charge is 0.408 e. The number of carbonyl (C=O) groups excluding carboxylic acids is 2. The normalized spacial score (nSPS) is 12.3. The van der Waals surface area contributed by atoms with E-state index in [1.54, 1.807) is 39.8 Å². The molecule has 0 aliphatic heterocycles. The molecule has 0 unspecified atom stereocenters. The highest BCUT2D eigenvalue weighted by atomic mass is 19.1. The molecule has 4 rings (SSSR count). The van der Waals surface area contributed by atoms with E-state index in [4.69, 9.17) is 14.0 Å². The van der Waals surface area contributed by atoms with E-state index in [0.717, 1.165) is 34.2 Å². The Morgan fingerprint density at radius 2 is 1.87 bits per heavy atom. The highest BCUT2D eigenvalue weighted by molar-refractivity contribution is 5.86. The molecule has 0 radical (unpaired) electrons. The van der Waals surface area contributed by atoms with Gasteiger partial charge in [-0.15, -0.1) is 0 Å². The van der Waals surface area contributed by atoms with Gasteiger partial charge in [0.1, 0.15) is 28.9 Å². The van der Waals surface area contributed by atoms with E-state index in [1.165, 1.54) is 12.1 Å². The zero-order valence-electron chi connectivity index (χ0n) is 22.7. The molecule has 39 heavy (non-hydrogen) atoms. The van der Waals surface area contributed by atoms with Crippen LogP contribution in [-0.2, 0) is 33.7 Å². The monoisotopic (exact) mass is 535 g/mol. The Hall–Kier alpha value is -4.14. The number of amides is 1. The number of nitrogens with one attached hydrogen (secondary N) is 1. The van der Waals surface area contributed by atoms with E-state index >= 15 is 0 Å². The molecule has 2 heterocycles. The minimum atomic E-state index is -0.891. The molecule has 1 amide bonds. The number of hydrogen-bond acceptors (Lipinski definition) is 6. The number of ether oxygens (including phenoxy) is 2. The lowest BCUT2D eigenvalue weighted by Crippen LogP contribution is -2.45. The Bertz CT molecular complexity index is 1420. The third kappa shape index (κ3) is 7.46. The number of aromatic nitrogens is 2. The van der Waals surface area contributed by atoms with Crippen molar-refractivity contribution in [3.63, 3.8) is 0 Å². The average molecular weight is 536 g/mol. The number of fused-ring (bicyclic) bond motifs is 1. The van der Waals surface area contributed by atoms with Gasteiger partial charge in [-0.25, -0.2) is 14.0 Å². The van der Waals surface area contributed by atoms with E-state index in [1.807, 2.05) is 36.5 Å². The number of alkyl carbamates (subject to hydrolysis) is 1. The zero-order valence-corrected chi connectivity index (χ0v) is 22.7. The molecule has 206 valence electrons. The van der Waals surface area contributed by atoms with Crippen molar-refractivity contribution in [2.24, 2.45) is 0 Å². The molecular weight excluding hydrogens is 501 g/mol. The van der Waals surface area contributed by atoms with Gasteiger partial charge in [-0.2, -0.15) is 0 Å². The Morgan fingerprint density at radius 3 is 2.59 bits per heavy atom. The number of rotatable bonds is 10. The van der Waals surface area contributed by atoms with Crippen LogP contribution in [0, 0.1) is 5.82 Å². The van der Waals surface area contributed by atoms with Crippen molar-refractivity contribution in [1.82, 2.24) is 15.0 Å². The van der Waals surface area contributed by atoms with E-state index < -0.39 is 23.7 Å². The highest BCUT2D eigenvalue weighted by Gasteiger charge is 2.27. The van der Waals surface area contributed by atoms with Crippen LogP contribution >= 0.6 is 0 Å². The molecular formula is C30H34FN3O5. The molecule has 4 aromatic rings. The number of nitrogens with zero attached hydrogens (tertiary/aromatic N) is 2. The minimum absolute atomic E-state index is 0.206. The van der Waals surface area contributed by atoms with Gasteiger partial charge in [-0.1, -0.05) is 23.4 Å². The van der Waals surface area contributed by atoms with Crippen LogP contribution in [0.25, 0.3) is 22.2 Å². The summed E-state index contributed by atoms with van der Waals surface area (Å²) in [5, 5.41) is 7.79. The molecule has 0 bridgehead atoms. The SMILES string of the molecule is CCOC(=O)[C@H](Cc1cn(CCCc2cc(-c3ccc(F)cc3)no2)c2ccccc12)NC(=O)OC(C)(C)C. The molecule has 0 saturated heterocycles. The zero-order chi connectivity index (χ0) is 28.0. The summed E-state index contributed by atoms with van der Waals surface area (Å²) in [4.78, 5) is 25.2. The van der Waals surface area contributed by atoms with E-state index in [0.29, 0.717) is 18.7 Å². The topological polar surface area (TPSA) is 95.6 Å². The highest BCUT2D eigenvalue weighted by Crippen LogP contribution is 2.25. The molecule has 8 nitrogen and oxygen atoms in total. The lowest BCUT2D eigenvalue weighted by atomic mass is 10.1. The van der Waals surface area contributed by atoms with Crippen LogP contribution in [0.1, 0.15) is 45.4 Å². The van der Waals surface area contributed by atoms with Crippen molar-refractivity contribution >= 4 is 23.0 Å². The lowest BCUT2D eigenvalue weighted by Gasteiger charge is -2.22. The van der Waals surface area contributed by atoms with Crippen molar-refractivity contribution in [3.8, 4) is 11.3 Å². The van der Waals surface area contributed by atoms with Crippen molar-refractivity contribution in [1.29, 1.82) is 0 Å². The summed E-state index contributed by atoms with van der Waals surface area (Å²) in [5.74, 6) is -0.0626. The second-order valence-electron chi connectivity index (χ2n) is 10.3. The van der Waals surface area contributed by atoms with Gasteiger partial charge in [0.25, 0.3) is 0 Å². The van der Waals surface area contributed by atoms with Gasteiger partial charge >= 0.3 is 12.1 Å². The van der Waals surface area contributed by atoms with Crippen LogP contribution in [0.5, 0.6) is 0 Å². The fraction of sp³-hybridized carbons (Fsp3) is 0.367. The van der Waals surface area contributed by atoms with Crippen LogP contribution in [0.3, 0.4) is 0 Å². The number of aryl methyl sites for hydroxylation is 2. The van der Waals surface area contributed by atoms with Crippen molar-refractivity contribution in [3.05, 3.63) is 77.9 Å². The lowest BCUT2D eigenvalue weighted by molar-refractivity contribution is -0.145. The molecule has 0 saturated carbocycles. The van der Waals surface area contributed by atoms with Crippen molar-refractivity contribution < 1.29 is 28.0 Å². The van der Waals surface area contributed by atoms with E-state index in [2.05, 4.69) is 15.0 Å². The van der Waals surface area contributed by atoms with E-state index in [9.17, 15) is 14.0 Å². The van der Waals surface area contributed by atoms with Crippen molar-refractivity contribution in [2.45, 2.75) is 65.1 Å². The van der Waals surface area contributed by atoms with Gasteiger partial charge in [0, 0.05) is 48.1 Å². The average Bonchev–Trinajstić information content (AvgIpc) is 3.48. The summed E-state index contributed by atoms with van der Waals surface area (Å²) >= 11 is 0. The van der Waals surface area contributed by atoms with Crippen LogP contribution < -0.4 is 5.32 Å². The Balaban J connectivity index is 1.46. The van der Waals surface area contributed by atoms with Crippen LogP contribution in [0.15, 0.2) is 65.3 Å². The van der Waals surface area contributed by atoms with Crippen molar-refractivity contribution in [2.75, 3.05) is 6.61 Å². The van der Waals surface area contributed by atoms with Crippen LogP contribution in [0.2, 0.25) is 0 Å². The largest absolute Gasteiger partial charge is 0.464 e. The molecule has 2 aromatic carbocycles. The molecule has 0 aliphatic carbocycles. The number of esters is 1. The maximum Gasteiger partial charge on any atom is 0.408 e. The Labute approximate surface area is 227 Å². The molecule has 2 aromatic heterocycles. The predicted molar refractivity (Wildman–Crippen MR) is 146 cm³/mol. The molecule has 0 aliphatic rings. The van der Waals surface area contributed by atoms with Crippen LogP contribution in [0.4, 0.5) is 9.18 Å². The Morgan fingerprint density at radius 1 is 1.13 bits per heavy atom. The summed E-state index contributed by atoms with van der Waals surface area (Å²) in [6, 6.07) is 15.1. The van der Waals surface area contributed by atoms with Gasteiger partial charge in [0.2, 0.25) is 0 Å². The first-order chi connectivity index (χ1) is 18.6. The summed E-state index contributed by atoms with van der Waals surface area (Å²) in [6.45, 7) is 7.94. The molecule has 0 spiro atoms. The standard InChI is InChI=1S/C30H34FN3O5/c1-5-37-28(35)26(32-29(36)38-30(2,3)4)17-21-19-34(27-11-7-6-10-24(21)27)16-8-9-23-18-25(33-39-23)20-12-14-22(31)15-13-20/h6-7,10-15,18-19,26H,5,8-9,16-17H2,1-4H3,(H,32,36)/t26-/m0/s1. The summed E-state index contributed by atoms with van der Waals surface area (Å²) in [5.41, 5.74) is 2.71. The Kier molecular flexibility index (Phi) is 8.69. The molecule has 1 N–H and O–H groups in total. The predicted octanol–water partition coefficient (Wildman–Crippen LogP) is 6.07. The fourth-order valence-electron chi connectivity index (χ4n) is 4.39. The van der Waals surface area contributed by atoms with Gasteiger partial charge in [-0.3, -0.25) is 0 Å². The number of carbonyl (C=O) groups is 2. The summed E-state index contributed by atoms with van der Waals surface area (Å²) < 4.78 is 31.4. The third-order valence-electron chi connectivity index (χ3n) is 6.08. The first-order valence-electron chi connectivity index (χ1n) is 13.1. The quantitative estimate of drug-likeness (QED) is 0.248. The number of para-hydroxylation sites is 1. The second kappa shape index (κ2) is 12.1. The van der Waals surface area contributed by atoms with Gasteiger partial charge < -0.3 is 23.9 Å². The molecule has 0 fully saturated rings. The number of benzene rings is 2. The summed E-state index contributed by atoms with van der Waals surface area (Å²) in [6.07, 6.45) is 3.05. The van der Waals surface area contributed by atoms with Crippen LogP contribution in [-0.4, -0.2) is 40.0 Å². The van der Waals surface area contributed by atoms with Gasteiger partial charge in [-0.05, 0) is 70.0 Å². The molecule has 9 heteroatoms.